The highest BCUT2D eigenvalue weighted by molar-refractivity contribution is 9.09. The minimum Gasteiger partial charge on any atom is -0.396 e. The average Bonchev–Trinajstić information content (AvgIpc) is 2.42. The van der Waals surface area contributed by atoms with Crippen LogP contribution in [0.2, 0.25) is 0 Å². The number of aliphatic hydroxyl groups is 1. The number of aliphatic hydroxyl groups excluding tert-OH is 1. The SMILES string of the molecule is C=C(CCCCCBr)CCCCCCCCCCO. The lowest BCUT2D eigenvalue weighted by atomic mass is 10.0. The summed E-state index contributed by atoms with van der Waals surface area (Å²) in [6.07, 6.45) is 16.6. The highest BCUT2D eigenvalue weighted by Crippen LogP contribution is 2.16. The van der Waals surface area contributed by atoms with Crippen LogP contribution >= 0.6 is 15.9 Å². The van der Waals surface area contributed by atoms with Gasteiger partial charge in [0.05, 0.1) is 0 Å². The van der Waals surface area contributed by atoms with Crippen LogP contribution < -0.4 is 0 Å². The van der Waals surface area contributed by atoms with E-state index in [1.165, 1.54) is 82.6 Å². The fourth-order valence-corrected chi connectivity index (χ4v) is 2.72. The van der Waals surface area contributed by atoms with Crippen LogP contribution in [0.25, 0.3) is 0 Å². The third kappa shape index (κ3) is 16.1. The maximum Gasteiger partial charge on any atom is 0.0431 e. The Bertz CT molecular complexity index is 192. The van der Waals surface area contributed by atoms with E-state index in [4.69, 9.17) is 5.11 Å². The molecule has 0 aromatic rings. The Morgan fingerprint density at radius 2 is 1.11 bits per heavy atom. The molecule has 0 unspecified atom stereocenters. The van der Waals surface area contributed by atoms with E-state index in [2.05, 4.69) is 22.5 Å². The van der Waals surface area contributed by atoms with Gasteiger partial charge in [0.1, 0.15) is 0 Å². The van der Waals surface area contributed by atoms with Crippen molar-refractivity contribution >= 4 is 15.9 Å². The molecule has 0 heterocycles. The first-order valence-electron chi connectivity index (χ1n) is 8.14. The molecule has 0 radical (unpaired) electrons. The van der Waals surface area contributed by atoms with Gasteiger partial charge in [-0.05, 0) is 38.5 Å². The van der Waals surface area contributed by atoms with Crippen molar-refractivity contribution in [2.24, 2.45) is 0 Å². The third-order valence-electron chi connectivity index (χ3n) is 3.60. The van der Waals surface area contributed by atoms with Gasteiger partial charge >= 0.3 is 0 Å². The van der Waals surface area contributed by atoms with E-state index in [9.17, 15) is 0 Å². The lowest BCUT2D eigenvalue weighted by Gasteiger charge is -2.05. The highest BCUT2D eigenvalue weighted by Gasteiger charge is 1.97. The monoisotopic (exact) mass is 332 g/mol. The van der Waals surface area contributed by atoms with Crippen molar-refractivity contribution in [1.29, 1.82) is 0 Å². The van der Waals surface area contributed by atoms with Gasteiger partial charge in [0.25, 0.3) is 0 Å². The molecule has 0 fully saturated rings. The largest absolute Gasteiger partial charge is 0.396 e. The molecule has 0 spiro atoms. The van der Waals surface area contributed by atoms with E-state index in [0.29, 0.717) is 6.61 Å². The lowest BCUT2D eigenvalue weighted by Crippen LogP contribution is -1.87. The third-order valence-corrected chi connectivity index (χ3v) is 4.16. The smallest absolute Gasteiger partial charge is 0.0431 e. The first-order chi connectivity index (χ1) is 9.31. The topological polar surface area (TPSA) is 20.2 Å². The van der Waals surface area contributed by atoms with Crippen molar-refractivity contribution in [1.82, 2.24) is 0 Å². The summed E-state index contributed by atoms with van der Waals surface area (Å²) in [7, 11) is 0. The molecule has 0 saturated carbocycles. The molecule has 19 heavy (non-hydrogen) atoms. The highest BCUT2D eigenvalue weighted by atomic mass is 79.9. The molecule has 0 aliphatic heterocycles. The Labute approximate surface area is 129 Å². The van der Waals surface area contributed by atoms with Crippen molar-refractivity contribution in [2.45, 2.75) is 83.5 Å². The van der Waals surface area contributed by atoms with Crippen LogP contribution in [0.3, 0.4) is 0 Å². The van der Waals surface area contributed by atoms with Crippen LogP contribution in [0, 0.1) is 0 Å². The molecular weight excluding hydrogens is 300 g/mol. The molecule has 1 N–H and O–H groups in total. The number of hydrogen-bond acceptors (Lipinski definition) is 1. The molecule has 0 aliphatic rings. The average molecular weight is 333 g/mol. The number of rotatable bonds is 15. The summed E-state index contributed by atoms with van der Waals surface area (Å²) in [4.78, 5) is 0. The van der Waals surface area contributed by atoms with Crippen LogP contribution in [-0.2, 0) is 0 Å². The van der Waals surface area contributed by atoms with Crippen LogP contribution in [0.1, 0.15) is 83.5 Å². The normalized spacial score (nSPS) is 10.8. The molecular formula is C17H33BrO. The van der Waals surface area contributed by atoms with E-state index in [0.717, 1.165) is 11.8 Å². The van der Waals surface area contributed by atoms with Crippen LogP contribution in [0.15, 0.2) is 12.2 Å². The molecule has 0 atom stereocenters. The Morgan fingerprint density at radius 3 is 1.58 bits per heavy atom. The summed E-state index contributed by atoms with van der Waals surface area (Å²) >= 11 is 3.47. The standard InChI is InChI=1S/C17H33BrO/c1-17(14-10-8-11-15-18)13-9-6-4-2-3-5-7-12-16-19/h19H,1-16H2. The molecule has 2 heteroatoms. The van der Waals surface area contributed by atoms with Crippen molar-refractivity contribution in [3.63, 3.8) is 0 Å². The van der Waals surface area contributed by atoms with Gasteiger partial charge in [0.15, 0.2) is 0 Å². The molecule has 0 bridgehead atoms. The summed E-state index contributed by atoms with van der Waals surface area (Å²) in [5.41, 5.74) is 1.46. The fourth-order valence-electron chi connectivity index (χ4n) is 2.32. The summed E-state index contributed by atoms with van der Waals surface area (Å²) < 4.78 is 0. The fraction of sp³-hybridized carbons (Fsp3) is 0.882. The van der Waals surface area contributed by atoms with Crippen LogP contribution in [-0.4, -0.2) is 17.0 Å². The molecule has 1 nitrogen and oxygen atoms in total. The van der Waals surface area contributed by atoms with Gasteiger partial charge in [-0.2, -0.15) is 0 Å². The number of alkyl halides is 1. The molecule has 0 rings (SSSR count). The van der Waals surface area contributed by atoms with E-state index in [-0.39, 0.29) is 0 Å². The Kier molecular flexibility index (Phi) is 16.4. The van der Waals surface area contributed by atoms with Gasteiger partial charge in [-0.15, -0.1) is 0 Å². The molecule has 0 aromatic heterocycles. The number of allylic oxidation sites excluding steroid dienone is 1. The zero-order chi connectivity index (χ0) is 14.2. The second-order valence-electron chi connectivity index (χ2n) is 5.55. The molecule has 0 amide bonds. The summed E-state index contributed by atoms with van der Waals surface area (Å²) in [6.45, 7) is 4.54. The predicted molar refractivity (Wildman–Crippen MR) is 90.0 cm³/mol. The van der Waals surface area contributed by atoms with Crippen molar-refractivity contribution in [3.05, 3.63) is 12.2 Å². The lowest BCUT2D eigenvalue weighted by molar-refractivity contribution is 0.282. The second kappa shape index (κ2) is 16.2. The predicted octanol–water partition coefficient (Wildman–Crippen LogP) is 6.00. The summed E-state index contributed by atoms with van der Waals surface area (Å²) in [5, 5.41) is 9.81. The molecule has 0 aromatic carbocycles. The number of halogens is 1. The van der Waals surface area contributed by atoms with Gasteiger partial charge in [-0.1, -0.05) is 73.0 Å². The van der Waals surface area contributed by atoms with Gasteiger partial charge in [-0.25, -0.2) is 0 Å². The Morgan fingerprint density at radius 1 is 0.684 bits per heavy atom. The zero-order valence-corrected chi connectivity index (χ0v) is 14.2. The van der Waals surface area contributed by atoms with E-state index in [1.807, 2.05) is 0 Å². The molecule has 114 valence electrons. The minimum atomic E-state index is 0.359. The van der Waals surface area contributed by atoms with E-state index in [1.54, 1.807) is 0 Å². The maximum atomic E-state index is 8.67. The minimum absolute atomic E-state index is 0.359. The quantitative estimate of drug-likeness (QED) is 0.221. The first-order valence-corrected chi connectivity index (χ1v) is 9.27. The Hall–Kier alpha value is 0.180. The van der Waals surface area contributed by atoms with Crippen molar-refractivity contribution in [2.75, 3.05) is 11.9 Å². The Balaban J connectivity index is 3.10. The first kappa shape index (κ1) is 19.2. The maximum absolute atomic E-state index is 8.67. The number of unbranched alkanes of at least 4 members (excludes halogenated alkanes) is 9. The zero-order valence-electron chi connectivity index (χ0n) is 12.6. The van der Waals surface area contributed by atoms with Crippen molar-refractivity contribution < 1.29 is 5.11 Å². The van der Waals surface area contributed by atoms with Crippen LogP contribution in [0.5, 0.6) is 0 Å². The van der Waals surface area contributed by atoms with E-state index >= 15 is 0 Å². The van der Waals surface area contributed by atoms with Gasteiger partial charge < -0.3 is 5.11 Å². The van der Waals surface area contributed by atoms with Crippen LogP contribution in [0.4, 0.5) is 0 Å². The summed E-state index contributed by atoms with van der Waals surface area (Å²) in [6, 6.07) is 0. The van der Waals surface area contributed by atoms with Gasteiger partial charge in [0.2, 0.25) is 0 Å². The van der Waals surface area contributed by atoms with E-state index < -0.39 is 0 Å². The van der Waals surface area contributed by atoms with Gasteiger partial charge in [0, 0.05) is 11.9 Å². The van der Waals surface area contributed by atoms with Crippen molar-refractivity contribution in [3.8, 4) is 0 Å². The molecule has 0 aliphatic carbocycles. The molecule has 0 saturated heterocycles. The summed E-state index contributed by atoms with van der Waals surface area (Å²) in [5.74, 6) is 0. The number of hydrogen-bond donors (Lipinski definition) is 1. The van der Waals surface area contributed by atoms with Gasteiger partial charge in [-0.3, -0.25) is 0 Å². The second-order valence-corrected chi connectivity index (χ2v) is 6.34.